The molecule has 0 aliphatic heterocycles. The van der Waals surface area contributed by atoms with E-state index >= 15 is 0 Å². The Morgan fingerprint density at radius 1 is 0.926 bits per heavy atom. The van der Waals surface area contributed by atoms with E-state index in [4.69, 9.17) is 21.1 Å². The van der Waals surface area contributed by atoms with E-state index in [1.807, 2.05) is 0 Å². The maximum atomic E-state index is 12.6. The Labute approximate surface area is 169 Å². The van der Waals surface area contributed by atoms with E-state index in [1.165, 1.54) is 38.5 Å². The topological polar surface area (TPSA) is 64.6 Å². The van der Waals surface area contributed by atoms with Crippen molar-refractivity contribution < 1.29 is 19.1 Å². The number of unbranched alkanes of at least 4 members (excludes halogenated alkanes) is 6. The molecule has 0 bridgehead atoms. The van der Waals surface area contributed by atoms with Crippen molar-refractivity contribution in [3.63, 3.8) is 0 Å². The molecule has 6 heteroatoms. The average molecular weight is 404 g/mol. The molecule has 0 heterocycles. The molecule has 0 saturated heterocycles. The van der Waals surface area contributed by atoms with Crippen molar-refractivity contribution >= 4 is 23.7 Å². The number of hydrogen-bond donors (Lipinski definition) is 1. The quantitative estimate of drug-likeness (QED) is 0.233. The molecule has 158 valence electrons. The van der Waals surface area contributed by atoms with Gasteiger partial charge in [0.25, 0.3) is 0 Å². The van der Waals surface area contributed by atoms with Gasteiger partial charge in [0.1, 0.15) is 6.04 Å². The predicted molar refractivity (Wildman–Crippen MR) is 109 cm³/mol. The molecule has 1 fully saturated rings. The second-order valence-electron chi connectivity index (χ2n) is 7.49. The smallest absolute Gasteiger partial charge is 0.407 e. The number of hydrogen-bond acceptors (Lipinski definition) is 4. The van der Waals surface area contributed by atoms with E-state index in [1.54, 1.807) is 0 Å². The summed E-state index contributed by atoms with van der Waals surface area (Å²) in [5.41, 5.74) is 0. The third-order valence-electron chi connectivity index (χ3n) is 5.15. The largest absolute Gasteiger partial charge is 0.464 e. The van der Waals surface area contributed by atoms with E-state index < -0.39 is 12.1 Å². The van der Waals surface area contributed by atoms with Crippen molar-refractivity contribution in [2.45, 2.75) is 96.4 Å². The predicted octanol–water partition coefficient (Wildman–Crippen LogP) is 5.58. The number of alkyl halides is 1. The van der Waals surface area contributed by atoms with Crippen LogP contribution in [0.4, 0.5) is 4.79 Å². The van der Waals surface area contributed by atoms with E-state index in [2.05, 4.69) is 12.2 Å². The molecule has 0 radical (unpaired) electrons. The van der Waals surface area contributed by atoms with E-state index in [9.17, 15) is 9.59 Å². The molecule has 1 saturated carbocycles. The Morgan fingerprint density at radius 2 is 1.56 bits per heavy atom. The van der Waals surface area contributed by atoms with Crippen LogP contribution < -0.4 is 5.32 Å². The Balaban J connectivity index is 2.35. The minimum Gasteiger partial charge on any atom is -0.464 e. The molecule has 1 rings (SSSR count). The first kappa shape index (κ1) is 24.1. The van der Waals surface area contributed by atoms with Gasteiger partial charge in [-0.15, -0.1) is 11.6 Å². The fourth-order valence-corrected chi connectivity index (χ4v) is 3.66. The molecular weight excluding hydrogens is 366 g/mol. The minimum absolute atomic E-state index is 0.140. The number of carbonyl (C=O) groups excluding carboxylic acids is 2. The monoisotopic (exact) mass is 403 g/mol. The van der Waals surface area contributed by atoms with Crippen LogP contribution in [-0.4, -0.2) is 37.2 Å². The maximum Gasteiger partial charge on any atom is 0.407 e. The van der Waals surface area contributed by atoms with Crippen molar-refractivity contribution in [3.05, 3.63) is 0 Å². The summed E-state index contributed by atoms with van der Waals surface area (Å²) in [5.74, 6) is 0.267. The summed E-state index contributed by atoms with van der Waals surface area (Å²) in [6.07, 6.45) is 13.6. The van der Waals surface area contributed by atoms with Crippen LogP contribution in [0.3, 0.4) is 0 Å². The zero-order valence-electron chi connectivity index (χ0n) is 17.0. The lowest BCUT2D eigenvalue weighted by Gasteiger charge is -2.29. The second-order valence-corrected chi connectivity index (χ2v) is 7.87. The molecule has 1 aliphatic rings. The first-order valence-electron chi connectivity index (χ1n) is 10.8. The lowest BCUT2D eigenvalue weighted by molar-refractivity contribution is -0.148. The summed E-state index contributed by atoms with van der Waals surface area (Å²) in [4.78, 5) is 24.6. The molecule has 1 amide bonds. The van der Waals surface area contributed by atoms with Crippen LogP contribution in [0, 0.1) is 5.92 Å². The first-order chi connectivity index (χ1) is 13.2. The number of halogens is 1. The lowest BCUT2D eigenvalue weighted by Crippen LogP contribution is -2.47. The fraction of sp³-hybridized carbons (Fsp3) is 0.905. The Bertz CT molecular complexity index is 400. The molecule has 1 unspecified atom stereocenters. The van der Waals surface area contributed by atoms with Crippen molar-refractivity contribution in [1.82, 2.24) is 5.32 Å². The SMILES string of the molecule is CCCCCCCCCOC(=O)C(NC(=O)OCCCCl)C1CCCCC1. The fourth-order valence-electron chi connectivity index (χ4n) is 3.55. The number of esters is 1. The molecule has 5 nitrogen and oxygen atoms in total. The van der Waals surface area contributed by atoms with Gasteiger partial charge in [-0.2, -0.15) is 0 Å². The van der Waals surface area contributed by atoms with Gasteiger partial charge in [-0.05, 0) is 31.6 Å². The zero-order chi connectivity index (χ0) is 19.7. The van der Waals surface area contributed by atoms with Crippen molar-refractivity contribution in [2.24, 2.45) is 5.92 Å². The summed E-state index contributed by atoms with van der Waals surface area (Å²) in [6.45, 7) is 2.91. The standard InChI is InChI=1S/C21H38ClNO4/c1-2-3-4-5-6-7-11-16-26-20(24)19(18-13-9-8-10-14-18)23-21(25)27-17-12-15-22/h18-19H,2-17H2,1H3,(H,23,25). The summed E-state index contributed by atoms with van der Waals surface area (Å²) in [6, 6.07) is -0.599. The van der Waals surface area contributed by atoms with Gasteiger partial charge in [0.2, 0.25) is 0 Å². The number of nitrogens with one attached hydrogen (secondary N) is 1. The van der Waals surface area contributed by atoms with Gasteiger partial charge in [0, 0.05) is 5.88 Å². The number of rotatable bonds is 14. The Morgan fingerprint density at radius 3 is 2.22 bits per heavy atom. The van der Waals surface area contributed by atoms with Crippen LogP contribution in [0.15, 0.2) is 0 Å². The zero-order valence-corrected chi connectivity index (χ0v) is 17.7. The van der Waals surface area contributed by atoms with Crippen molar-refractivity contribution in [2.75, 3.05) is 19.1 Å². The number of amides is 1. The lowest BCUT2D eigenvalue weighted by atomic mass is 9.84. The summed E-state index contributed by atoms with van der Waals surface area (Å²) in [7, 11) is 0. The molecule has 0 aromatic rings. The van der Waals surface area contributed by atoms with Crippen molar-refractivity contribution in [1.29, 1.82) is 0 Å². The van der Waals surface area contributed by atoms with Crippen LogP contribution in [0.1, 0.15) is 90.4 Å². The second kappa shape index (κ2) is 16.0. The molecule has 0 aromatic heterocycles. The Kier molecular flexibility index (Phi) is 14.3. The molecule has 1 N–H and O–H groups in total. The molecule has 1 atom stereocenters. The van der Waals surface area contributed by atoms with Crippen LogP contribution in [-0.2, 0) is 14.3 Å². The highest BCUT2D eigenvalue weighted by atomic mass is 35.5. The molecular formula is C21H38ClNO4. The van der Waals surface area contributed by atoms with E-state index in [0.717, 1.165) is 38.5 Å². The van der Waals surface area contributed by atoms with Gasteiger partial charge < -0.3 is 14.8 Å². The normalized spacial score (nSPS) is 15.9. The molecule has 27 heavy (non-hydrogen) atoms. The first-order valence-corrected chi connectivity index (χ1v) is 11.4. The van der Waals surface area contributed by atoms with E-state index in [-0.39, 0.29) is 18.5 Å². The summed E-state index contributed by atoms with van der Waals surface area (Å²) >= 11 is 5.60. The average Bonchev–Trinajstić information content (AvgIpc) is 2.69. The minimum atomic E-state index is -0.599. The van der Waals surface area contributed by atoms with Crippen LogP contribution >= 0.6 is 11.6 Å². The third-order valence-corrected chi connectivity index (χ3v) is 5.42. The number of alkyl carbamates (subject to hydrolysis) is 1. The highest BCUT2D eigenvalue weighted by molar-refractivity contribution is 6.17. The summed E-state index contributed by atoms with van der Waals surface area (Å²) in [5, 5.41) is 2.74. The summed E-state index contributed by atoms with van der Waals surface area (Å²) < 4.78 is 10.6. The highest BCUT2D eigenvalue weighted by Gasteiger charge is 2.32. The van der Waals surface area contributed by atoms with Crippen LogP contribution in [0.25, 0.3) is 0 Å². The van der Waals surface area contributed by atoms with Crippen molar-refractivity contribution in [3.8, 4) is 0 Å². The number of carbonyl (C=O) groups is 2. The van der Waals surface area contributed by atoms with E-state index in [0.29, 0.717) is 18.9 Å². The van der Waals surface area contributed by atoms with Gasteiger partial charge in [-0.25, -0.2) is 9.59 Å². The Hall–Kier alpha value is -0.970. The maximum absolute atomic E-state index is 12.6. The van der Waals surface area contributed by atoms with Gasteiger partial charge in [0.05, 0.1) is 13.2 Å². The highest BCUT2D eigenvalue weighted by Crippen LogP contribution is 2.27. The number of ether oxygens (including phenoxy) is 2. The van der Waals surface area contributed by atoms with Gasteiger partial charge >= 0.3 is 12.1 Å². The van der Waals surface area contributed by atoms with Crippen LogP contribution in [0.2, 0.25) is 0 Å². The van der Waals surface area contributed by atoms with Gasteiger partial charge in [-0.3, -0.25) is 0 Å². The molecule has 1 aliphatic carbocycles. The van der Waals surface area contributed by atoms with Crippen LogP contribution in [0.5, 0.6) is 0 Å². The molecule has 0 aromatic carbocycles. The van der Waals surface area contributed by atoms with Gasteiger partial charge in [-0.1, -0.05) is 64.7 Å². The molecule has 0 spiro atoms. The van der Waals surface area contributed by atoms with Gasteiger partial charge in [0.15, 0.2) is 0 Å². The third kappa shape index (κ3) is 11.5.